The van der Waals surface area contributed by atoms with Crippen molar-refractivity contribution in [3.05, 3.63) is 46.5 Å². The number of aromatic nitrogens is 4. The first-order valence-corrected chi connectivity index (χ1v) is 8.69. The molecule has 0 unspecified atom stereocenters. The van der Waals surface area contributed by atoms with Crippen LogP contribution in [-0.2, 0) is 7.05 Å². The predicted octanol–water partition coefficient (Wildman–Crippen LogP) is 0.714. The third kappa shape index (κ3) is 3.96. The summed E-state index contributed by atoms with van der Waals surface area (Å²) in [7, 11) is 3.38. The summed E-state index contributed by atoms with van der Waals surface area (Å²) in [4.78, 5) is 29.2. The molecule has 0 atom stereocenters. The average molecular weight is 385 g/mol. The van der Waals surface area contributed by atoms with E-state index in [0.29, 0.717) is 23.0 Å². The molecule has 28 heavy (non-hydrogen) atoms. The fourth-order valence-electron chi connectivity index (χ4n) is 2.59. The molecule has 0 aliphatic heterocycles. The smallest absolute Gasteiger partial charge is 0.274 e. The third-order valence-electron chi connectivity index (χ3n) is 4.04. The van der Waals surface area contributed by atoms with E-state index in [2.05, 4.69) is 26.0 Å². The van der Waals surface area contributed by atoms with Gasteiger partial charge in [-0.15, -0.1) is 0 Å². The summed E-state index contributed by atoms with van der Waals surface area (Å²) in [5.41, 5.74) is -0.313. The molecular formula is C18H23N7O3. The number of nitrogens with one attached hydrogen (secondary N) is 3. The lowest BCUT2D eigenvalue weighted by atomic mass is 10.1. The molecule has 3 aromatic heterocycles. The third-order valence-corrected chi connectivity index (χ3v) is 4.04. The lowest BCUT2D eigenvalue weighted by molar-refractivity contribution is 0.0695. The molecule has 3 aromatic rings. The van der Waals surface area contributed by atoms with E-state index in [9.17, 15) is 14.7 Å². The topological polar surface area (TPSA) is 126 Å². The number of hydrogen-bond acceptors (Lipinski definition) is 7. The van der Waals surface area contributed by atoms with E-state index in [1.165, 1.54) is 15.3 Å². The first kappa shape index (κ1) is 19.4. The summed E-state index contributed by atoms with van der Waals surface area (Å²) in [6, 6.07) is 5.08. The Hall–Kier alpha value is -3.40. The Morgan fingerprint density at radius 1 is 1.36 bits per heavy atom. The molecule has 0 aromatic carbocycles. The summed E-state index contributed by atoms with van der Waals surface area (Å²) in [5.74, 6) is 0.568. The maximum absolute atomic E-state index is 12.5. The van der Waals surface area contributed by atoms with Crippen molar-refractivity contribution in [3.8, 4) is 0 Å². The number of amides is 1. The average Bonchev–Trinajstić information content (AvgIpc) is 3.06. The molecule has 0 saturated carbocycles. The molecule has 0 spiro atoms. The fourth-order valence-corrected chi connectivity index (χ4v) is 2.59. The number of pyridine rings is 1. The van der Waals surface area contributed by atoms with Gasteiger partial charge in [-0.1, -0.05) is 0 Å². The molecule has 10 nitrogen and oxygen atoms in total. The first-order valence-electron chi connectivity index (χ1n) is 8.69. The summed E-state index contributed by atoms with van der Waals surface area (Å²) in [6.45, 7) is 3.28. The molecule has 10 heteroatoms. The highest BCUT2D eigenvalue weighted by Gasteiger charge is 2.20. The second kappa shape index (κ2) is 7.31. The number of carbonyl (C=O) groups is 1. The predicted molar refractivity (Wildman–Crippen MR) is 106 cm³/mol. The van der Waals surface area contributed by atoms with E-state index in [-0.39, 0.29) is 17.7 Å². The van der Waals surface area contributed by atoms with Crippen LogP contribution in [0.5, 0.6) is 0 Å². The maximum Gasteiger partial charge on any atom is 0.274 e. The van der Waals surface area contributed by atoms with Crippen LogP contribution in [0.2, 0.25) is 0 Å². The van der Waals surface area contributed by atoms with E-state index in [1.54, 1.807) is 52.3 Å². The van der Waals surface area contributed by atoms with E-state index in [4.69, 9.17) is 0 Å². The Balaban J connectivity index is 2.00. The molecule has 3 heterocycles. The monoisotopic (exact) mass is 385 g/mol. The number of hydrogen-bond donors (Lipinski definition) is 4. The minimum atomic E-state index is -1.04. The lowest BCUT2D eigenvalue weighted by Gasteiger charge is -2.17. The molecule has 148 valence electrons. The number of aryl methyl sites for hydroxylation is 1. The van der Waals surface area contributed by atoms with Gasteiger partial charge in [-0.05, 0) is 26.0 Å². The van der Waals surface area contributed by atoms with Crippen LogP contribution in [0.4, 0.5) is 17.3 Å². The highest BCUT2D eigenvalue weighted by Crippen LogP contribution is 2.20. The number of fused-ring (bicyclic) bond motifs is 1. The highest BCUT2D eigenvalue weighted by atomic mass is 16.3. The van der Waals surface area contributed by atoms with Crippen molar-refractivity contribution in [2.45, 2.75) is 19.4 Å². The second-order valence-corrected chi connectivity index (χ2v) is 7.03. The molecule has 0 fully saturated rings. The van der Waals surface area contributed by atoms with Crippen LogP contribution in [0.25, 0.3) is 5.65 Å². The van der Waals surface area contributed by atoms with Gasteiger partial charge in [0.15, 0.2) is 5.65 Å². The largest absolute Gasteiger partial charge is 0.389 e. The molecule has 3 rings (SSSR count). The van der Waals surface area contributed by atoms with Gasteiger partial charge in [-0.3, -0.25) is 9.59 Å². The highest BCUT2D eigenvalue weighted by molar-refractivity contribution is 6.00. The SMILES string of the molecule is CNc1cc(Nc2cccn(C)c2=O)nc2c(C(=O)NCC(C)(C)O)cnn12. The number of carbonyl (C=O) groups excluding carboxylic acids is 1. The normalized spacial score (nSPS) is 11.5. The van der Waals surface area contributed by atoms with Gasteiger partial charge in [0.2, 0.25) is 0 Å². The van der Waals surface area contributed by atoms with Gasteiger partial charge in [0.05, 0.1) is 11.8 Å². The molecular weight excluding hydrogens is 362 g/mol. The van der Waals surface area contributed by atoms with Crippen LogP contribution in [0, 0.1) is 0 Å². The van der Waals surface area contributed by atoms with Gasteiger partial charge in [0, 0.05) is 32.9 Å². The van der Waals surface area contributed by atoms with Crippen LogP contribution in [0.1, 0.15) is 24.2 Å². The zero-order valence-corrected chi connectivity index (χ0v) is 16.1. The van der Waals surface area contributed by atoms with Gasteiger partial charge < -0.3 is 25.6 Å². The van der Waals surface area contributed by atoms with Crippen molar-refractivity contribution in [2.24, 2.45) is 7.05 Å². The molecule has 0 aliphatic rings. The Kier molecular flexibility index (Phi) is 5.06. The molecule has 0 bridgehead atoms. The van der Waals surface area contributed by atoms with Crippen molar-refractivity contribution in [3.63, 3.8) is 0 Å². The zero-order chi connectivity index (χ0) is 20.5. The maximum atomic E-state index is 12.5. The van der Waals surface area contributed by atoms with Crippen molar-refractivity contribution in [2.75, 3.05) is 24.2 Å². The van der Waals surface area contributed by atoms with Crippen molar-refractivity contribution >= 4 is 28.9 Å². The van der Waals surface area contributed by atoms with Crippen LogP contribution < -0.4 is 21.5 Å². The first-order chi connectivity index (χ1) is 13.2. The Morgan fingerprint density at radius 3 is 2.79 bits per heavy atom. The molecule has 0 radical (unpaired) electrons. The Labute approximate surface area is 161 Å². The van der Waals surface area contributed by atoms with Crippen LogP contribution >= 0.6 is 0 Å². The molecule has 0 aliphatic carbocycles. The molecule has 4 N–H and O–H groups in total. The summed E-state index contributed by atoms with van der Waals surface area (Å²) < 4.78 is 2.95. The van der Waals surface area contributed by atoms with E-state index in [1.807, 2.05) is 0 Å². The van der Waals surface area contributed by atoms with Gasteiger partial charge in [-0.2, -0.15) is 9.61 Å². The standard InChI is InChI=1S/C18H23N7O3/c1-18(2,28)10-20-16(26)11-9-21-25-14(19-3)8-13(23-15(11)25)22-12-6-5-7-24(4)17(12)27/h5-9,19,28H,10H2,1-4H3,(H,20,26)(H,22,23). The fraction of sp³-hybridized carbons (Fsp3) is 0.333. The Morgan fingerprint density at radius 2 is 2.11 bits per heavy atom. The van der Waals surface area contributed by atoms with Gasteiger partial charge in [0.25, 0.3) is 11.5 Å². The lowest BCUT2D eigenvalue weighted by Crippen LogP contribution is -2.38. The number of anilines is 3. The second-order valence-electron chi connectivity index (χ2n) is 7.03. The summed E-state index contributed by atoms with van der Waals surface area (Å²) >= 11 is 0. The van der Waals surface area contributed by atoms with Crippen molar-refractivity contribution < 1.29 is 9.90 Å². The van der Waals surface area contributed by atoms with Gasteiger partial charge >= 0.3 is 0 Å². The molecule has 1 amide bonds. The van der Waals surface area contributed by atoms with Gasteiger partial charge in [0.1, 0.15) is 22.9 Å². The van der Waals surface area contributed by atoms with Crippen LogP contribution in [0.15, 0.2) is 35.4 Å². The van der Waals surface area contributed by atoms with E-state index in [0.717, 1.165) is 0 Å². The number of nitrogens with zero attached hydrogens (tertiary/aromatic N) is 4. The van der Waals surface area contributed by atoms with E-state index < -0.39 is 11.5 Å². The number of aliphatic hydroxyl groups is 1. The Bertz CT molecular complexity index is 1080. The van der Waals surface area contributed by atoms with Crippen molar-refractivity contribution in [1.29, 1.82) is 0 Å². The van der Waals surface area contributed by atoms with Crippen LogP contribution in [-0.4, -0.2) is 49.4 Å². The van der Waals surface area contributed by atoms with Crippen LogP contribution in [0.3, 0.4) is 0 Å². The number of rotatable bonds is 6. The summed E-state index contributed by atoms with van der Waals surface area (Å²) in [5, 5.41) is 22.7. The quantitative estimate of drug-likeness (QED) is 0.492. The zero-order valence-electron chi connectivity index (χ0n) is 16.1. The van der Waals surface area contributed by atoms with Gasteiger partial charge in [-0.25, -0.2) is 4.98 Å². The van der Waals surface area contributed by atoms with E-state index >= 15 is 0 Å². The minimum absolute atomic E-state index is 0.0834. The minimum Gasteiger partial charge on any atom is -0.389 e. The summed E-state index contributed by atoms with van der Waals surface area (Å²) in [6.07, 6.45) is 3.07. The molecule has 0 saturated heterocycles. The van der Waals surface area contributed by atoms with Crippen molar-refractivity contribution in [1.82, 2.24) is 24.5 Å².